The maximum atomic E-state index is 14.3. The van der Waals surface area contributed by atoms with Crippen molar-refractivity contribution in [1.29, 1.82) is 0 Å². The lowest BCUT2D eigenvalue weighted by Crippen LogP contribution is -2.58. The summed E-state index contributed by atoms with van der Waals surface area (Å²) in [5, 5.41) is 3.97. The summed E-state index contributed by atoms with van der Waals surface area (Å²) in [5.41, 5.74) is 7.00. The summed E-state index contributed by atoms with van der Waals surface area (Å²) >= 11 is 12.6. The molecule has 1 aromatic carbocycles. The molecule has 3 N–H and O–H groups in total. The Morgan fingerprint density at radius 3 is 2.68 bits per heavy atom. The summed E-state index contributed by atoms with van der Waals surface area (Å²) in [5.74, 6) is -0.152. The SMILES string of the molecule is C=CCNc1c(C(N)=O)cnc(N2CCN(C3CCN(Cc4ccc(Cl)cc4F)CC3)[C@@H](CC)C2)c1Cl. The van der Waals surface area contributed by atoms with E-state index in [2.05, 4.69) is 38.5 Å². The van der Waals surface area contributed by atoms with Gasteiger partial charge in [0.2, 0.25) is 0 Å². The number of primary amides is 1. The number of carbonyl (C=O) groups is 1. The second-order valence-corrected chi connectivity index (χ2v) is 10.5. The van der Waals surface area contributed by atoms with Gasteiger partial charge in [0.1, 0.15) is 16.7 Å². The van der Waals surface area contributed by atoms with Crippen molar-refractivity contribution in [3.63, 3.8) is 0 Å². The molecule has 0 spiro atoms. The van der Waals surface area contributed by atoms with Gasteiger partial charge in [0.15, 0.2) is 0 Å². The smallest absolute Gasteiger partial charge is 0.252 e. The van der Waals surface area contributed by atoms with E-state index < -0.39 is 5.91 Å². The van der Waals surface area contributed by atoms with Crippen LogP contribution in [0.4, 0.5) is 15.9 Å². The van der Waals surface area contributed by atoms with Gasteiger partial charge in [-0.2, -0.15) is 0 Å². The highest BCUT2D eigenvalue weighted by molar-refractivity contribution is 6.36. The number of carbonyl (C=O) groups excluding carboxylic acids is 1. The van der Waals surface area contributed by atoms with Crippen molar-refractivity contribution in [3.8, 4) is 0 Å². The molecule has 10 heteroatoms. The van der Waals surface area contributed by atoms with E-state index in [-0.39, 0.29) is 11.4 Å². The molecule has 2 fully saturated rings. The van der Waals surface area contributed by atoms with Gasteiger partial charge in [-0.05, 0) is 44.5 Å². The number of nitrogens with one attached hydrogen (secondary N) is 1. The standard InChI is InChI=1S/C27H35Cl2FN6O/c1-3-9-32-25-22(26(31)37)15-33-27(24(25)29)35-12-13-36(20(4-2)17-35)21-7-10-34(11-8-21)16-18-5-6-19(28)14-23(18)30/h3,5-6,14-15,20-21H,1,4,7-13,16-17H2,2H3,(H2,31,37)(H,32,33)/t20-/m0/s1. The van der Waals surface area contributed by atoms with Gasteiger partial charge in [-0.25, -0.2) is 9.37 Å². The van der Waals surface area contributed by atoms with E-state index in [1.165, 1.54) is 12.3 Å². The van der Waals surface area contributed by atoms with E-state index in [0.29, 0.717) is 52.3 Å². The van der Waals surface area contributed by atoms with E-state index in [9.17, 15) is 9.18 Å². The summed E-state index contributed by atoms with van der Waals surface area (Å²) < 4.78 is 14.3. The van der Waals surface area contributed by atoms with Crippen molar-refractivity contribution in [2.24, 2.45) is 5.73 Å². The number of nitrogens with two attached hydrogens (primary N) is 1. The predicted molar refractivity (Wildman–Crippen MR) is 149 cm³/mol. The van der Waals surface area contributed by atoms with Crippen LogP contribution in [0.3, 0.4) is 0 Å². The van der Waals surface area contributed by atoms with Crippen molar-refractivity contribution in [2.75, 3.05) is 49.5 Å². The van der Waals surface area contributed by atoms with Gasteiger partial charge in [0.05, 0.1) is 11.3 Å². The zero-order valence-electron chi connectivity index (χ0n) is 21.2. The zero-order valence-corrected chi connectivity index (χ0v) is 22.7. The number of aromatic nitrogens is 1. The first-order chi connectivity index (χ1) is 17.8. The Hall–Kier alpha value is -2.39. The van der Waals surface area contributed by atoms with Crippen molar-refractivity contribution >= 4 is 40.6 Å². The van der Waals surface area contributed by atoms with Gasteiger partial charge in [-0.15, -0.1) is 6.58 Å². The maximum Gasteiger partial charge on any atom is 0.252 e. The highest BCUT2D eigenvalue weighted by Crippen LogP contribution is 2.35. The van der Waals surface area contributed by atoms with Gasteiger partial charge in [0.25, 0.3) is 5.91 Å². The number of piperidine rings is 1. The van der Waals surface area contributed by atoms with Crippen LogP contribution in [-0.2, 0) is 6.54 Å². The van der Waals surface area contributed by atoms with E-state index in [1.807, 2.05) is 0 Å². The predicted octanol–water partition coefficient (Wildman–Crippen LogP) is 4.79. The molecule has 3 heterocycles. The Kier molecular flexibility index (Phi) is 9.29. The molecule has 0 unspecified atom stereocenters. The zero-order chi connectivity index (χ0) is 26.5. The molecule has 7 nitrogen and oxygen atoms in total. The van der Waals surface area contributed by atoms with E-state index in [1.54, 1.807) is 18.2 Å². The molecular formula is C27H35Cl2FN6O. The molecule has 4 rings (SSSR count). The minimum absolute atomic E-state index is 0.240. The first kappa shape index (κ1) is 27.6. The van der Waals surface area contributed by atoms with Gasteiger partial charge in [0, 0.05) is 61.6 Å². The van der Waals surface area contributed by atoms with Gasteiger partial charge in [-0.3, -0.25) is 14.6 Å². The molecule has 1 atom stereocenters. The highest BCUT2D eigenvalue weighted by atomic mass is 35.5. The minimum atomic E-state index is -0.575. The summed E-state index contributed by atoms with van der Waals surface area (Å²) in [6, 6.07) is 5.76. The summed E-state index contributed by atoms with van der Waals surface area (Å²) in [6.45, 7) is 11.4. The fourth-order valence-corrected chi connectivity index (χ4v) is 5.93. The lowest BCUT2D eigenvalue weighted by atomic mass is 9.97. The Morgan fingerprint density at radius 2 is 2.03 bits per heavy atom. The molecule has 2 aromatic rings. The normalized spacial score (nSPS) is 19.7. The third kappa shape index (κ3) is 6.37. The number of hydrogen-bond acceptors (Lipinski definition) is 6. The molecule has 37 heavy (non-hydrogen) atoms. The molecule has 0 radical (unpaired) electrons. The van der Waals surface area contributed by atoms with E-state index >= 15 is 0 Å². The first-order valence-electron chi connectivity index (χ1n) is 12.8. The average molecular weight is 550 g/mol. The Labute approximate surface area is 228 Å². The first-order valence-corrected chi connectivity index (χ1v) is 13.6. The Bertz CT molecular complexity index is 1120. The van der Waals surface area contributed by atoms with Crippen molar-refractivity contribution in [3.05, 3.63) is 64.0 Å². The van der Waals surface area contributed by atoms with Crippen LogP contribution < -0.4 is 16.0 Å². The van der Waals surface area contributed by atoms with Crippen LogP contribution in [0.25, 0.3) is 0 Å². The van der Waals surface area contributed by atoms with Crippen LogP contribution in [0.2, 0.25) is 10.0 Å². The van der Waals surface area contributed by atoms with Crippen molar-refractivity contribution in [1.82, 2.24) is 14.8 Å². The number of likely N-dealkylation sites (tertiary alicyclic amines) is 1. The van der Waals surface area contributed by atoms with Crippen LogP contribution in [0.5, 0.6) is 0 Å². The number of rotatable bonds is 9. The van der Waals surface area contributed by atoms with Crippen LogP contribution in [-0.4, -0.2) is 72.0 Å². The third-order valence-electron chi connectivity index (χ3n) is 7.42. The summed E-state index contributed by atoms with van der Waals surface area (Å²) in [7, 11) is 0. The molecule has 0 aliphatic carbocycles. The summed E-state index contributed by atoms with van der Waals surface area (Å²) in [4.78, 5) is 23.6. The number of benzene rings is 1. The fraction of sp³-hybridized carbons (Fsp3) is 0.481. The second kappa shape index (κ2) is 12.4. The van der Waals surface area contributed by atoms with Crippen molar-refractivity contribution in [2.45, 2.75) is 44.8 Å². The van der Waals surface area contributed by atoms with Crippen LogP contribution in [0.15, 0.2) is 37.1 Å². The number of halogens is 3. The molecular weight excluding hydrogens is 514 g/mol. The summed E-state index contributed by atoms with van der Waals surface area (Å²) in [6.07, 6.45) is 6.30. The molecule has 1 aromatic heterocycles. The molecule has 0 saturated carbocycles. The maximum absolute atomic E-state index is 14.3. The number of nitrogens with zero attached hydrogens (tertiary/aromatic N) is 4. The number of piperazine rings is 1. The fourth-order valence-electron chi connectivity index (χ4n) is 5.44. The number of anilines is 2. The molecule has 2 aliphatic rings. The monoisotopic (exact) mass is 548 g/mol. The van der Waals surface area contributed by atoms with E-state index in [0.717, 1.165) is 52.0 Å². The van der Waals surface area contributed by atoms with Gasteiger partial charge >= 0.3 is 0 Å². The number of hydrogen-bond donors (Lipinski definition) is 2. The minimum Gasteiger partial charge on any atom is -0.380 e. The van der Waals surface area contributed by atoms with E-state index in [4.69, 9.17) is 28.9 Å². The third-order valence-corrected chi connectivity index (χ3v) is 8.02. The lowest BCUT2D eigenvalue weighted by Gasteiger charge is -2.48. The molecule has 2 saturated heterocycles. The molecule has 200 valence electrons. The lowest BCUT2D eigenvalue weighted by molar-refractivity contribution is 0.0607. The van der Waals surface area contributed by atoms with Crippen molar-refractivity contribution < 1.29 is 9.18 Å². The van der Waals surface area contributed by atoms with Crippen LogP contribution in [0.1, 0.15) is 42.1 Å². The largest absolute Gasteiger partial charge is 0.380 e. The second-order valence-electron chi connectivity index (χ2n) is 9.71. The average Bonchev–Trinajstić information content (AvgIpc) is 2.89. The van der Waals surface area contributed by atoms with Gasteiger partial charge in [-0.1, -0.05) is 42.3 Å². The van der Waals surface area contributed by atoms with Crippen LogP contribution >= 0.6 is 23.2 Å². The quantitative estimate of drug-likeness (QED) is 0.438. The highest BCUT2D eigenvalue weighted by Gasteiger charge is 2.34. The molecule has 2 aliphatic heterocycles. The Morgan fingerprint density at radius 1 is 1.27 bits per heavy atom. The topological polar surface area (TPSA) is 77.7 Å². The molecule has 1 amide bonds. The van der Waals surface area contributed by atoms with Crippen LogP contribution in [0, 0.1) is 5.82 Å². The Balaban J connectivity index is 1.40. The molecule has 0 bridgehead atoms. The van der Waals surface area contributed by atoms with Gasteiger partial charge < -0.3 is 16.0 Å². The number of pyridine rings is 1. The number of amides is 1.